The van der Waals surface area contributed by atoms with E-state index in [0.29, 0.717) is 17.5 Å². The first-order valence-corrected chi connectivity index (χ1v) is 6.28. The maximum absolute atomic E-state index is 13.0. The minimum atomic E-state index is -0.798. The van der Waals surface area contributed by atoms with E-state index in [1.165, 1.54) is 0 Å². The molecule has 1 amide bonds. The van der Waals surface area contributed by atoms with E-state index in [2.05, 4.69) is 5.32 Å². The molecular formula is C15H14F2N2O2. The van der Waals surface area contributed by atoms with Crippen LogP contribution in [0.25, 0.3) is 0 Å². The fourth-order valence-electron chi connectivity index (χ4n) is 1.72. The molecule has 21 heavy (non-hydrogen) atoms. The second kappa shape index (κ2) is 6.69. The van der Waals surface area contributed by atoms with Gasteiger partial charge in [-0.1, -0.05) is 12.1 Å². The van der Waals surface area contributed by atoms with Crippen molar-refractivity contribution in [3.05, 3.63) is 59.7 Å². The maximum Gasteiger partial charge on any atom is 0.251 e. The fraction of sp³-hybridized carbons (Fsp3) is 0.133. The number of nitrogens with one attached hydrogen (secondary N) is 1. The van der Waals surface area contributed by atoms with Crippen molar-refractivity contribution in [1.82, 2.24) is 5.32 Å². The van der Waals surface area contributed by atoms with Gasteiger partial charge in [-0.3, -0.25) is 4.79 Å². The number of anilines is 1. The van der Waals surface area contributed by atoms with E-state index in [1.807, 2.05) is 0 Å². The van der Waals surface area contributed by atoms with Gasteiger partial charge in [0, 0.05) is 11.6 Å². The summed E-state index contributed by atoms with van der Waals surface area (Å²) in [5, 5.41) is 2.51. The smallest absolute Gasteiger partial charge is 0.251 e. The molecule has 0 saturated heterocycles. The van der Waals surface area contributed by atoms with Crippen LogP contribution in [0.4, 0.5) is 14.5 Å². The topological polar surface area (TPSA) is 64.3 Å². The lowest BCUT2D eigenvalue weighted by Crippen LogP contribution is -2.28. The van der Waals surface area contributed by atoms with Gasteiger partial charge >= 0.3 is 0 Å². The van der Waals surface area contributed by atoms with Crippen molar-refractivity contribution in [1.29, 1.82) is 0 Å². The minimum Gasteiger partial charge on any atom is -0.490 e. The molecule has 0 aliphatic heterocycles. The van der Waals surface area contributed by atoms with Crippen LogP contribution in [-0.4, -0.2) is 19.1 Å². The number of amides is 1. The van der Waals surface area contributed by atoms with Crippen LogP contribution in [0.5, 0.6) is 5.75 Å². The highest BCUT2D eigenvalue weighted by molar-refractivity contribution is 5.94. The van der Waals surface area contributed by atoms with E-state index >= 15 is 0 Å². The number of halogens is 2. The highest BCUT2D eigenvalue weighted by Crippen LogP contribution is 2.19. The number of nitrogen functional groups attached to an aromatic ring is 1. The molecule has 2 aromatic carbocycles. The third-order valence-corrected chi connectivity index (χ3v) is 2.69. The molecular weight excluding hydrogens is 278 g/mol. The summed E-state index contributed by atoms with van der Waals surface area (Å²) < 4.78 is 31.4. The summed E-state index contributed by atoms with van der Waals surface area (Å²) in [6.45, 7) is 0.378. The molecule has 2 rings (SSSR count). The number of para-hydroxylation sites is 2. The minimum absolute atomic E-state index is 0.0771. The normalized spacial score (nSPS) is 10.2. The summed E-state index contributed by atoms with van der Waals surface area (Å²) in [6.07, 6.45) is 0. The first-order chi connectivity index (χ1) is 10.1. The highest BCUT2D eigenvalue weighted by Gasteiger charge is 2.08. The zero-order valence-corrected chi connectivity index (χ0v) is 11.1. The molecule has 0 heterocycles. The van der Waals surface area contributed by atoms with Gasteiger partial charge in [0.15, 0.2) is 0 Å². The molecule has 4 nitrogen and oxygen atoms in total. The van der Waals surface area contributed by atoms with Crippen LogP contribution in [-0.2, 0) is 0 Å². The Morgan fingerprint density at radius 3 is 2.48 bits per heavy atom. The highest BCUT2D eigenvalue weighted by atomic mass is 19.1. The van der Waals surface area contributed by atoms with Crippen molar-refractivity contribution in [2.75, 3.05) is 18.9 Å². The molecule has 0 atom stereocenters. The molecule has 6 heteroatoms. The van der Waals surface area contributed by atoms with Crippen LogP contribution in [0.3, 0.4) is 0 Å². The molecule has 0 aliphatic carbocycles. The van der Waals surface area contributed by atoms with E-state index in [4.69, 9.17) is 10.5 Å². The van der Waals surface area contributed by atoms with E-state index in [1.54, 1.807) is 24.3 Å². The number of carbonyl (C=O) groups excluding carboxylic acids is 1. The second-order valence-electron chi connectivity index (χ2n) is 4.30. The van der Waals surface area contributed by atoms with Gasteiger partial charge in [-0.05, 0) is 24.3 Å². The Labute approximate surface area is 120 Å². The Balaban J connectivity index is 1.83. The fourth-order valence-corrected chi connectivity index (χ4v) is 1.72. The Bertz CT molecular complexity index is 627. The molecule has 0 aliphatic rings. The van der Waals surface area contributed by atoms with Gasteiger partial charge in [-0.15, -0.1) is 0 Å². The monoisotopic (exact) mass is 292 g/mol. The number of nitrogens with two attached hydrogens (primary N) is 1. The molecule has 0 fully saturated rings. The standard InChI is InChI=1S/C15H14F2N2O2/c16-11-7-10(8-12(17)9-11)15(20)19-5-6-21-14-4-2-1-3-13(14)18/h1-4,7-9H,5-6,18H2,(H,19,20). The van der Waals surface area contributed by atoms with Crippen molar-refractivity contribution in [2.24, 2.45) is 0 Å². The number of ether oxygens (including phenoxy) is 1. The summed E-state index contributed by atoms with van der Waals surface area (Å²) in [4.78, 5) is 11.7. The lowest BCUT2D eigenvalue weighted by Gasteiger charge is -2.09. The summed E-state index contributed by atoms with van der Waals surface area (Å²) >= 11 is 0. The van der Waals surface area contributed by atoms with Gasteiger partial charge in [0.25, 0.3) is 5.91 Å². The van der Waals surface area contributed by atoms with Gasteiger partial charge in [-0.25, -0.2) is 8.78 Å². The van der Waals surface area contributed by atoms with Crippen LogP contribution in [0, 0.1) is 11.6 Å². The predicted molar refractivity (Wildman–Crippen MR) is 75.0 cm³/mol. The number of rotatable bonds is 5. The molecule has 0 aromatic heterocycles. The molecule has 3 N–H and O–H groups in total. The van der Waals surface area contributed by atoms with Gasteiger partial charge in [0.2, 0.25) is 0 Å². The summed E-state index contributed by atoms with van der Waals surface area (Å²) in [7, 11) is 0. The quantitative estimate of drug-likeness (QED) is 0.657. The molecule has 0 spiro atoms. The Morgan fingerprint density at radius 1 is 1.14 bits per heavy atom. The van der Waals surface area contributed by atoms with Crippen molar-refractivity contribution >= 4 is 11.6 Å². The lowest BCUT2D eigenvalue weighted by atomic mass is 10.2. The average molecular weight is 292 g/mol. The third kappa shape index (κ3) is 4.17. The predicted octanol–water partition coefficient (Wildman–Crippen LogP) is 2.36. The van der Waals surface area contributed by atoms with Gasteiger partial charge in [0.1, 0.15) is 24.0 Å². The SMILES string of the molecule is Nc1ccccc1OCCNC(=O)c1cc(F)cc(F)c1. The van der Waals surface area contributed by atoms with Gasteiger partial charge in [-0.2, -0.15) is 0 Å². The van der Waals surface area contributed by atoms with E-state index in [-0.39, 0.29) is 18.7 Å². The molecule has 0 radical (unpaired) electrons. The summed E-state index contributed by atoms with van der Waals surface area (Å²) in [5.74, 6) is -1.65. The van der Waals surface area contributed by atoms with E-state index < -0.39 is 17.5 Å². The summed E-state index contributed by atoms with van der Waals surface area (Å²) in [6, 6.07) is 9.60. The molecule has 110 valence electrons. The van der Waals surface area contributed by atoms with Crippen LogP contribution >= 0.6 is 0 Å². The van der Waals surface area contributed by atoms with Crippen molar-refractivity contribution in [3.8, 4) is 5.75 Å². The van der Waals surface area contributed by atoms with Crippen LogP contribution < -0.4 is 15.8 Å². The first-order valence-electron chi connectivity index (χ1n) is 6.28. The zero-order valence-electron chi connectivity index (χ0n) is 11.1. The lowest BCUT2D eigenvalue weighted by molar-refractivity contribution is 0.0946. The van der Waals surface area contributed by atoms with Crippen molar-refractivity contribution in [3.63, 3.8) is 0 Å². The summed E-state index contributed by atoms with van der Waals surface area (Å²) in [5.41, 5.74) is 6.11. The first kappa shape index (κ1) is 14.8. The molecule has 0 bridgehead atoms. The van der Waals surface area contributed by atoms with Crippen molar-refractivity contribution in [2.45, 2.75) is 0 Å². The second-order valence-corrected chi connectivity index (χ2v) is 4.30. The zero-order chi connectivity index (χ0) is 15.2. The number of benzene rings is 2. The Morgan fingerprint density at radius 2 is 1.81 bits per heavy atom. The van der Waals surface area contributed by atoms with Gasteiger partial charge in [0.05, 0.1) is 12.2 Å². The molecule has 2 aromatic rings. The van der Waals surface area contributed by atoms with Crippen LogP contribution in [0.15, 0.2) is 42.5 Å². The number of hydrogen-bond acceptors (Lipinski definition) is 3. The molecule has 0 unspecified atom stereocenters. The van der Waals surface area contributed by atoms with Crippen LogP contribution in [0.2, 0.25) is 0 Å². The Hall–Kier alpha value is -2.63. The van der Waals surface area contributed by atoms with E-state index in [9.17, 15) is 13.6 Å². The number of carbonyl (C=O) groups is 1. The third-order valence-electron chi connectivity index (χ3n) is 2.69. The Kier molecular flexibility index (Phi) is 4.71. The van der Waals surface area contributed by atoms with E-state index in [0.717, 1.165) is 12.1 Å². The number of hydrogen-bond donors (Lipinski definition) is 2. The average Bonchev–Trinajstić information content (AvgIpc) is 2.44. The van der Waals surface area contributed by atoms with Crippen molar-refractivity contribution < 1.29 is 18.3 Å². The van der Waals surface area contributed by atoms with Gasteiger partial charge < -0.3 is 15.8 Å². The molecule has 0 saturated carbocycles. The van der Waals surface area contributed by atoms with Crippen LogP contribution in [0.1, 0.15) is 10.4 Å². The largest absolute Gasteiger partial charge is 0.490 e. The maximum atomic E-state index is 13.0.